The Labute approximate surface area is 163 Å². The zero-order valence-corrected chi connectivity index (χ0v) is 16.3. The van der Waals surface area contributed by atoms with Crippen molar-refractivity contribution in [3.63, 3.8) is 0 Å². The third-order valence-corrected chi connectivity index (χ3v) is 5.77. The average Bonchev–Trinajstić information content (AvgIpc) is 3.29. The molecule has 2 atom stereocenters. The summed E-state index contributed by atoms with van der Waals surface area (Å²) in [5, 5.41) is 10.3. The number of allylic oxidation sites excluding steroid dienone is 2. The molecule has 0 saturated carbocycles. The van der Waals surface area contributed by atoms with Gasteiger partial charge in [0.05, 0.1) is 23.9 Å². The van der Waals surface area contributed by atoms with Crippen LogP contribution < -0.4 is 5.73 Å². The van der Waals surface area contributed by atoms with Gasteiger partial charge in [0.15, 0.2) is 5.82 Å². The summed E-state index contributed by atoms with van der Waals surface area (Å²) in [7, 11) is 0. The van der Waals surface area contributed by atoms with E-state index in [1.165, 1.54) is 22.7 Å². The number of ether oxygens (including phenoxy) is 1. The molecule has 0 spiro atoms. The fraction of sp³-hybridized carbons (Fsp3) is 0.381. The van der Waals surface area contributed by atoms with Gasteiger partial charge in [0.2, 0.25) is 0 Å². The van der Waals surface area contributed by atoms with E-state index in [0.717, 1.165) is 34.8 Å². The lowest BCUT2D eigenvalue weighted by Crippen LogP contribution is -2.21. The molecule has 0 amide bonds. The van der Waals surface area contributed by atoms with Crippen molar-refractivity contribution < 1.29 is 4.74 Å². The van der Waals surface area contributed by atoms with E-state index in [9.17, 15) is 5.26 Å². The van der Waals surface area contributed by atoms with E-state index in [4.69, 9.17) is 15.5 Å². The van der Waals surface area contributed by atoms with Gasteiger partial charge in [0.25, 0.3) is 0 Å². The van der Waals surface area contributed by atoms with Crippen molar-refractivity contribution in [1.82, 2.24) is 9.36 Å². The zero-order chi connectivity index (χ0) is 19.0. The molecule has 2 aliphatic carbocycles. The first kappa shape index (κ1) is 18.1. The fourth-order valence-electron chi connectivity index (χ4n) is 3.74. The maximum absolute atomic E-state index is 9.48. The van der Waals surface area contributed by atoms with Crippen LogP contribution >= 0.6 is 11.5 Å². The number of nitrogens with zero attached hydrogens (tertiary/aromatic N) is 3. The number of nitriles is 1. The molecule has 6 heteroatoms. The van der Waals surface area contributed by atoms with Crippen molar-refractivity contribution in [3.05, 3.63) is 52.1 Å². The SMILES string of the molecule is CC(C)OC1CC=C(c2nc(-c3cccc4c3CCC4N)ns2)C=C1C#N. The van der Waals surface area contributed by atoms with Gasteiger partial charge in [0, 0.05) is 17.2 Å². The Bertz CT molecular complexity index is 967. The number of aromatic nitrogens is 2. The van der Waals surface area contributed by atoms with Gasteiger partial charge in [-0.1, -0.05) is 24.3 Å². The molecular weight excluding hydrogens is 356 g/mol. The molecule has 4 rings (SSSR count). The van der Waals surface area contributed by atoms with Gasteiger partial charge in [0.1, 0.15) is 5.01 Å². The smallest absolute Gasteiger partial charge is 0.173 e. The molecule has 5 nitrogen and oxygen atoms in total. The highest BCUT2D eigenvalue weighted by Crippen LogP contribution is 2.37. The minimum absolute atomic E-state index is 0.0846. The van der Waals surface area contributed by atoms with Gasteiger partial charge in [-0.05, 0) is 61.8 Å². The molecule has 0 saturated heterocycles. The van der Waals surface area contributed by atoms with E-state index in [0.29, 0.717) is 12.0 Å². The first-order chi connectivity index (χ1) is 13.1. The van der Waals surface area contributed by atoms with Crippen molar-refractivity contribution in [2.75, 3.05) is 0 Å². The molecule has 0 aliphatic heterocycles. The zero-order valence-electron chi connectivity index (χ0n) is 15.5. The van der Waals surface area contributed by atoms with Gasteiger partial charge in [-0.2, -0.15) is 9.64 Å². The van der Waals surface area contributed by atoms with E-state index < -0.39 is 0 Å². The molecule has 2 unspecified atom stereocenters. The third-order valence-electron chi connectivity index (χ3n) is 5.01. The van der Waals surface area contributed by atoms with Crippen LogP contribution in [0.3, 0.4) is 0 Å². The summed E-state index contributed by atoms with van der Waals surface area (Å²) >= 11 is 1.37. The Hall–Kier alpha value is -2.33. The second-order valence-electron chi connectivity index (χ2n) is 7.22. The predicted molar refractivity (Wildman–Crippen MR) is 107 cm³/mol. The number of fused-ring (bicyclic) bond motifs is 1. The van der Waals surface area contributed by atoms with Gasteiger partial charge < -0.3 is 10.5 Å². The highest BCUT2D eigenvalue weighted by atomic mass is 32.1. The second-order valence-corrected chi connectivity index (χ2v) is 7.97. The van der Waals surface area contributed by atoms with Crippen LogP contribution in [-0.2, 0) is 11.2 Å². The van der Waals surface area contributed by atoms with Crippen LogP contribution in [0.5, 0.6) is 0 Å². The van der Waals surface area contributed by atoms with Gasteiger partial charge in [-0.3, -0.25) is 0 Å². The number of rotatable bonds is 4. The van der Waals surface area contributed by atoms with E-state index in [2.05, 4.69) is 28.7 Å². The average molecular weight is 379 g/mol. The molecule has 1 aromatic heterocycles. The summed E-state index contributed by atoms with van der Waals surface area (Å²) in [4.78, 5) is 4.76. The maximum Gasteiger partial charge on any atom is 0.173 e. The standard InChI is InChI=1S/C21H22N4OS/c1-12(2)26-19-9-6-13(10-14(19)11-22)21-24-20(25-27-21)17-5-3-4-16-15(17)7-8-18(16)23/h3-6,10,12,18-19H,7-9,23H2,1-2H3. The molecule has 0 radical (unpaired) electrons. The summed E-state index contributed by atoms with van der Waals surface area (Å²) < 4.78 is 10.4. The lowest BCUT2D eigenvalue weighted by Gasteiger charge is -2.21. The van der Waals surface area contributed by atoms with Crippen LogP contribution in [-0.4, -0.2) is 21.6 Å². The monoisotopic (exact) mass is 378 g/mol. The Morgan fingerprint density at radius 3 is 3.00 bits per heavy atom. The van der Waals surface area contributed by atoms with E-state index in [1.807, 2.05) is 26.0 Å². The Morgan fingerprint density at radius 2 is 2.22 bits per heavy atom. The van der Waals surface area contributed by atoms with Crippen LogP contribution in [0.2, 0.25) is 0 Å². The normalized spacial score (nSPS) is 21.6. The molecule has 2 aromatic rings. The number of benzene rings is 1. The summed E-state index contributed by atoms with van der Waals surface area (Å²) in [5.41, 5.74) is 11.3. The molecule has 2 N–H and O–H groups in total. The first-order valence-electron chi connectivity index (χ1n) is 9.26. The summed E-state index contributed by atoms with van der Waals surface area (Å²) in [6.07, 6.45) is 6.50. The van der Waals surface area contributed by atoms with E-state index in [-0.39, 0.29) is 18.2 Å². The van der Waals surface area contributed by atoms with Gasteiger partial charge in [-0.25, -0.2) is 4.98 Å². The maximum atomic E-state index is 9.48. The number of nitrogens with two attached hydrogens (primary N) is 1. The molecule has 0 bridgehead atoms. The first-order valence-corrected chi connectivity index (χ1v) is 10.0. The second kappa shape index (κ2) is 7.35. The molecule has 0 fully saturated rings. The molecular formula is C21H22N4OS. The van der Waals surface area contributed by atoms with Crippen molar-refractivity contribution in [2.24, 2.45) is 5.73 Å². The number of hydrogen-bond donors (Lipinski definition) is 1. The minimum atomic E-state index is -0.176. The number of hydrogen-bond acceptors (Lipinski definition) is 6. The quantitative estimate of drug-likeness (QED) is 0.862. The van der Waals surface area contributed by atoms with E-state index >= 15 is 0 Å². The highest BCUT2D eigenvalue weighted by molar-refractivity contribution is 7.06. The molecule has 27 heavy (non-hydrogen) atoms. The van der Waals surface area contributed by atoms with Crippen molar-refractivity contribution in [1.29, 1.82) is 5.26 Å². The minimum Gasteiger partial charge on any atom is -0.370 e. The lowest BCUT2D eigenvalue weighted by atomic mass is 9.97. The third kappa shape index (κ3) is 3.46. The predicted octanol–water partition coefficient (Wildman–Crippen LogP) is 4.18. The lowest BCUT2D eigenvalue weighted by molar-refractivity contribution is 0.0327. The van der Waals surface area contributed by atoms with Crippen LogP contribution in [0.25, 0.3) is 17.0 Å². The molecule has 138 valence electrons. The van der Waals surface area contributed by atoms with Crippen molar-refractivity contribution >= 4 is 17.1 Å². The van der Waals surface area contributed by atoms with Gasteiger partial charge in [-0.15, -0.1) is 0 Å². The molecule has 1 heterocycles. The van der Waals surface area contributed by atoms with Crippen molar-refractivity contribution in [2.45, 2.75) is 51.4 Å². The summed E-state index contributed by atoms with van der Waals surface area (Å²) in [6, 6.07) is 8.58. The Morgan fingerprint density at radius 1 is 1.37 bits per heavy atom. The Balaban J connectivity index is 1.62. The topological polar surface area (TPSA) is 84.8 Å². The van der Waals surface area contributed by atoms with Crippen LogP contribution in [0.4, 0.5) is 0 Å². The van der Waals surface area contributed by atoms with Gasteiger partial charge >= 0.3 is 0 Å². The van der Waals surface area contributed by atoms with E-state index in [1.54, 1.807) is 0 Å². The van der Waals surface area contributed by atoms with Crippen LogP contribution in [0.1, 0.15) is 48.9 Å². The van der Waals surface area contributed by atoms with Crippen molar-refractivity contribution in [3.8, 4) is 17.5 Å². The molecule has 2 aliphatic rings. The fourth-order valence-corrected chi connectivity index (χ4v) is 4.42. The summed E-state index contributed by atoms with van der Waals surface area (Å²) in [5.74, 6) is 0.745. The largest absolute Gasteiger partial charge is 0.370 e. The highest BCUT2D eigenvalue weighted by Gasteiger charge is 2.25. The molecule has 1 aromatic carbocycles. The van der Waals surface area contributed by atoms with Crippen LogP contribution in [0, 0.1) is 11.3 Å². The Kier molecular flexibility index (Phi) is 4.92. The van der Waals surface area contributed by atoms with Crippen LogP contribution in [0.15, 0.2) is 35.9 Å². The summed E-state index contributed by atoms with van der Waals surface area (Å²) in [6.45, 7) is 3.96.